The number of para-hydroxylation sites is 1. The van der Waals surface area contributed by atoms with Crippen molar-refractivity contribution >= 4 is 22.8 Å². The molecule has 0 spiro atoms. The maximum absolute atomic E-state index is 13.3. The Morgan fingerprint density at radius 2 is 1.85 bits per heavy atom. The Balaban J connectivity index is 1.34. The summed E-state index contributed by atoms with van der Waals surface area (Å²) in [7, 11) is 0. The van der Waals surface area contributed by atoms with E-state index in [9.17, 15) is 14.7 Å². The summed E-state index contributed by atoms with van der Waals surface area (Å²) in [5.74, 6) is 0.708. The molecular weight excluding hydrogens is 418 g/mol. The quantitative estimate of drug-likeness (QED) is 0.464. The highest BCUT2D eigenvalue weighted by Gasteiger charge is 2.24. The summed E-state index contributed by atoms with van der Waals surface area (Å²) in [4.78, 5) is 24.5. The molecule has 4 aromatic rings. The molecule has 0 bridgehead atoms. The second-order valence-electron chi connectivity index (χ2n) is 8.23. The predicted molar refractivity (Wildman–Crippen MR) is 124 cm³/mol. The van der Waals surface area contributed by atoms with Gasteiger partial charge in [-0.3, -0.25) is 14.2 Å². The zero-order valence-electron chi connectivity index (χ0n) is 18.2. The lowest BCUT2D eigenvalue weighted by Gasteiger charge is -2.12. The third-order valence-electron chi connectivity index (χ3n) is 6.02. The van der Waals surface area contributed by atoms with Gasteiger partial charge in [0, 0.05) is 22.2 Å². The normalized spacial score (nSPS) is 14.6. The fraction of sp³-hybridized carbons (Fsp3) is 0.185. The average Bonchev–Trinajstić information content (AvgIpc) is 3.38. The maximum Gasteiger partial charge on any atom is 0.307 e. The minimum Gasteiger partial charge on any atom is -0.493 e. The minimum atomic E-state index is -0.900. The standard InChI is InChI=1S/C27H23NO5/c1-17-13-23-19(14-26(29)30)5-4-7-24(23)28(17)27(31)18-9-11-21(12-10-18)32-15-20-16-33-25-8-3-2-6-22(20)25/h2-13,20H,14-16H2,1H3,(H,29,30)/t20-/m0/s1. The van der Waals surface area contributed by atoms with Crippen LogP contribution in [0.4, 0.5) is 0 Å². The van der Waals surface area contributed by atoms with Gasteiger partial charge in [-0.15, -0.1) is 0 Å². The van der Waals surface area contributed by atoms with Gasteiger partial charge in [-0.2, -0.15) is 0 Å². The van der Waals surface area contributed by atoms with Crippen LogP contribution in [0, 0.1) is 6.92 Å². The fourth-order valence-corrected chi connectivity index (χ4v) is 4.40. The highest BCUT2D eigenvalue weighted by Crippen LogP contribution is 2.34. The molecule has 0 fully saturated rings. The topological polar surface area (TPSA) is 77.8 Å². The van der Waals surface area contributed by atoms with Gasteiger partial charge in [0.15, 0.2) is 0 Å². The Morgan fingerprint density at radius 3 is 2.64 bits per heavy atom. The fourth-order valence-electron chi connectivity index (χ4n) is 4.40. The van der Waals surface area contributed by atoms with Crippen molar-refractivity contribution in [2.24, 2.45) is 0 Å². The van der Waals surface area contributed by atoms with Gasteiger partial charge in [0.2, 0.25) is 0 Å². The second-order valence-corrected chi connectivity index (χ2v) is 8.23. The molecule has 1 aromatic heterocycles. The van der Waals surface area contributed by atoms with E-state index in [4.69, 9.17) is 9.47 Å². The SMILES string of the molecule is Cc1cc2c(CC(=O)O)cccc2n1C(=O)c1ccc(OC[C@H]2COc3ccccc32)cc1. The van der Waals surface area contributed by atoms with E-state index < -0.39 is 5.97 Å². The molecule has 6 heteroatoms. The summed E-state index contributed by atoms with van der Waals surface area (Å²) in [5.41, 5.74) is 3.84. The lowest BCUT2D eigenvalue weighted by Crippen LogP contribution is -2.14. The molecule has 0 saturated heterocycles. The van der Waals surface area contributed by atoms with Gasteiger partial charge in [-0.25, -0.2) is 0 Å². The largest absolute Gasteiger partial charge is 0.493 e. The first kappa shape index (κ1) is 20.8. The minimum absolute atomic E-state index is 0.0858. The predicted octanol–water partition coefficient (Wildman–Crippen LogP) is 4.82. The molecule has 0 saturated carbocycles. The molecule has 0 aliphatic carbocycles. The van der Waals surface area contributed by atoms with Crippen LogP contribution < -0.4 is 9.47 Å². The van der Waals surface area contributed by atoms with Crippen LogP contribution in [-0.2, 0) is 11.2 Å². The van der Waals surface area contributed by atoms with Gasteiger partial charge >= 0.3 is 5.97 Å². The molecule has 166 valence electrons. The van der Waals surface area contributed by atoms with Gasteiger partial charge in [0.25, 0.3) is 5.91 Å². The zero-order valence-corrected chi connectivity index (χ0v) is 18.2. The molecule has 0 unspecified atom stereocenters. The van der Waals surface area contributed by atoms with E-state index in [-0.39, 0.29) is 18.2 Å². The number of aromatic nitrogens is 1. The first-order chi connectivity index (χ1) is 16.0. The van der Waals surface area contributed by atoms with Crippen molar-refractivity contribution in [3.63, 3.8) is 0 Å². The van der Waals surface area contributed by atoms with Crippen molar-refractivity contribution in [2.75, 3.05) is 13.2 Å². The summed E-state index contributed by atoms with van der Waals surface area (Å²) in [6.07, 6.45) is -0.0858. The van der Waals surface area contributed by atoms with Crippen LogP contribution in [0.2, 0.25) is 0 Å². The number of carboxylic acid groups (broad SMARTS) is 1. The number of rotatable bonds is 6. The summed E-state index contributed by atoms with van der Waals surface area (Å²) < 4.78 is 13.3. The Morgan fingerprint density at radius 1 is 1.06 bits per heavy atom. The maximum atomic E-state index is 13.3. The van der Waals surface area contributed by atoms with Gasteiger partial charge in [0.1, 0.15) is 11.5 Å². The van der Waals surface area contributed by atoms with Gasteiger partial charge < -0.3 is 14.6 Å². The first-order valence-electron chi connectivity index (χ1n) is 10.8. The molecule has 3 aromatic carbocycles. The number of fused-ring (bicyclic) bond motifs is 2. The number of carbonyl (C=O) groups excluding carboxylic acids is 1. The van der Waals surface area contributed by atoms with E-state index in [1.807, 2.05) is 37.3 Å². The van der Waals surface area contributed by atoms with E-state index in [0.717, 1.165) is 22.4 Å². The lowest BCUT2D eigenvalue weighted by molar-refractivity contribution is -0.136. The third-order valence-corrected chi connectivity index (χ3v) is 6.02. The van der Waals surface area contributed by atoms with E-state index in [1.54, 1.807) is 41.0 Å². The highest BCUT2D eigenvalue weighted by atomic mass is 16.5. The number of benzene rings is 3. The molecule has 1 atom stereocenters. The number of ether oxygens (including phenoxy) is 2. The smallest absolute Gasteiger partial charge is 0.307 e. The number of hydrogen-bond donors (Lipinski definition) is 1. The Labute approximate surface area is 191 Å². The second kappa shape index (κ2) is 8.47. The molecule has 1 aliphatic rings. The zero-order chi connectivity index (χ0) is 22.9. The average molecular weight is 441 g/mol. The van der Waals surface area contributed by atoms with Gasteiger partial charge in [0.05, 0.1) is 31.1 Å². The van der Waals surface area contributed by atoms with Crippen LogP contribution >= 0.6 is 0 Å². The highest BCUT2D eigenvalue weighted by molar-refractivity contribution is 6.04. The van der Waals surface area contributed by atoms with Crippen LogP contribution in [-0.4, -0.2) is 34.8 Å². The summed E-state index contributed by atoms with van der Waals surface area (Å²) in [6, 6.07) is 22.4. The van der Waals surface area contributed by atoms with Crippen molar-refractivity contribution in [3.8, 4) is 11.5 Å². The number of carbonyl (C=O) groups is 2. The van der Waals surface area contributed by atoms with Crippen molar-refractivity contribution in [3.05, 3.63) is 95.2 Å². The van der Waals surface area contributed by atoms with Crippen LogP contribution in [0.5, 0.6) is 11.5 Å². The van der Waals surface area contributed by atoms with Crippen LogP contribution in [0.1, 0.15) is 33.1 Å². The molecule has 2 heterocycles. The van der Waals surface area contributed by atoms with E-state index >= 15 is 0 Å². The van der Waals surface area contributed by atoms with Gasteiger partial charge in [-0.05, 0) is 55.0 Å². The lowest BCUT2D eigenvalue weighted by atomic mass is 10.0. The summed E-state index contributed by atoms with van der Waals surface area (Å²) in [5, 5.41) is 9.97. The van der Waals surface area contributed by atoms with Gasteiger partial charge in [-0.1, -0.05) is 30.3 Å². The molecule has 0 radical (unpaired) electrons. The molecule has 5 rings (SSSR count). The Kier molecular flexibility index (Phi) is 5.34. The number of hydrogen-bond acceptors (Lipinski definition) is 4. The summed E-state index contributed by atoms with van der Waals surface area (Å²) >= 11 is 0. The first-order valence-corrected chi connectivity index (χ1v) is 10.8. The Bertz CT molecular complexity index is 1350. The van der Waals surface area contributed by atoms with Crippen molar-refractivity contribution in [1.29, 1.82) is 0 Å². The number of nitrogens with zero attached hydrogens (tertiary/aromatic N) is 1. The molecular formula is C27H23NO5. The van der Waals surface area contributed by atoms with Crippen LogP contribution in [0.3, 0.4) is 0 Å². The van der Waals surface area contributed by atoms with E-state index in [2.05, 4.69) is 6.07 Å². The van der Waals surface area contributed by atoms with Crippen molar-refractivity contribution < 1.29 is 24.2 Å². The number of aryl methyl sites for hydroxylation is 1. The summed E-state index contributed by atoms with van der Waals surface area (Å²) in [6.45, 7) is 2.94. The monoisotopic (exact) mass is 441 g/mol. The van der Waals surface area contributed by atoms with Crippen molar-refractivity contribution in [1.82, 2.24) is 4.57 Å². The molecule has 1 N–H and O–H groups in total. The van der Waals surface area contributed by atoms with Crippen LogP contribution in [0.25, 0.3) is 10.9 Å². The Hall–Kier alpha value is -4.06. The molecule has 33 heavy (non-hydrogen) atoms. The van der Waals surface area contributed by atoms with E-state index in [0.29, 0.717) is 35.6 Å². The van der Waals surface area contributed by atoms with E-state index in [1.165, 1.54) is 0 Å². The van der Waals surface area contributed by atoms with Crippen molar-refractivity contribution in [2.45, 2.75) is 19.3 Å². The molecule has 6 nitrogen and oxygen atoms in total. The number of aliphatic carboxylic acids is 1. The molecule has 1 aliphatic heterocycles. The molecule has 0 amide bonds. The van der Waals surface area contributed by atoms with Crippen LogP contribution in [0.15, 0.2) is 72.8 Å². The number of carboxylic acids is 1. The third kappa shape index (κ3) is 3.96.